The third-order valence-corrected chi connectivity index (χ3v) is 1.19. The molecule has 0 saturated carbocycles. The van der Waals surface area contributed by atoms with E-state index in [0.29, 0.717) is 0 Å². The van der Waals surface area contributed by atoms with E-state index in [2.05, 4.69) is 6.92 Å². The molecule has 0 radical (unpaired) electrons. The van der Waals surface area contributed by atoms with Gasteiger partial charge in [0.25, 0.3) is 0 Å². The zero-order valence-corrected chi connectivity index (χ0v) is 11.1. The van der Waals surface area contributed by atoms with Crippen LogP contribution in [0.5, 0.6) is 5.75 Å². The number of benzene rings is 1. The molecule has 0 aliphatic heterocycles. The Bertz CT molecular complexity index is 199. The first-order valence-corrected chi connectivity index (χ1v) is 2.79. The Labute approximate surface area is 92.5 Å². The molecule has 1 aromatic rings. The topological polar surface area (TPSA) is 9.23 Å². The number of hydrogen-bond donors (Lipinski definition) is 0. The maximum absolute atomic E-state index is 4.98. The smallest absolute Gasteiger partial charge is 0.554 e. The van der Waals surface area contributed by atoms with Crippen LogP contribution in [0, 0.1) is 45.5 Å². The SMILES string of the molecule is [CH2-]c1ccccc1OC.[CH3-].[U+2]. The average molecular weight is 374 g/mol. The summed E-state index contributed by atoms with van der Waals surface area (Å²) in [6.45, 7) is 3.77. The van der Waals surface area contributed by atoms with Crippen LogP contribution in [0.4, 0.5) is 0 Å². The van der Waals surface area contributed by atoms with Crippen LogP contribution in [0.25, 0.3) is 0 Å². The minimum atomic E-state index is 0. The van der Waals surface area contributed by atoms with Crippen LogP contribution >= 0.6 is 0 Å². The fourth-order valence-electron chi connectivity index (χ4n) is 0.703. The van der Waals surface area contributed by atoms with Crippen LogP contribution in [0.1, 0.15) is 5.56 Å². The Morgan fingerprint density at radius 3 is 2.18 bits per heavy atom. The molecule has 0 atom stereocenters. The molecule has 0 saturated heterocycles. The second-order valence-electron chi connectivity index (χ2n) is 1.81. The van der Waals surface area contributed by atoms with Crippen molar-refractivity contribution in [3.63, 3.8) is 0 Å². The van der Waals surface area contributed by atoms with Gasteiger partial charge in [-0.25, -0.2) is 0 Å². The molecule has 1 aromatic carbocycles. The van der Waals surface area contributed by atoms with Gasteiger partial charge in [0.1, 0.15) is 0 Å². The third-order valence-electron chi connectivity index (χ3n) is 1.19. The predicted octanol–water partition coefficient (Wildman–Crippen LogP) is 2.33. The van der Waals surface area contributed by atoms with Crippen molar-refractivity contribution >= 4 is 0 Å². The minimum Gasteiger partial charge on any atom is -0.554 e. The van der Waals surface area contributed by atoms with Gasteiger partial charge in [-0.05, 0) is 0 Å². The van der Waals surface area contributed by atoms with Gasteiger partial charge in [-0.3, -0.25) is 0 Å². The summed E-state index contributed by atoms with van der Waals surface area (Å²) in [4.78, 5) is 0. The van der Waals surface area contributed by atoms with Crippen LogP contribution in [-0.2, 0) is 0 Å². The summed E-state index contributed by atoms with van der Waals surface area (Å²) in [7, 11) is 1.64. The Hall–Kier alpha value is -0.0581. The van der Waals surface area contributed by atoms with Crippen molar-refractivity contribution in [3.8, 4) is 5.75 Å². The number of rotatable bonds is 1. The minimum absolute atomic E-state index is 0. The Kier molecular flexibility index (Phi) is 8.16. The summed E-state index contributed by atoms with van der Waals surface area (Å²) in [6.07, 6.45) is 0. The quantitative estimate of drug-likeness (QED) is 0.686. The van der Waals surface area contributed by atoms with E-state index in [1.807, 2.05) is 24.3 Å². The zero-order chi connectivity index (χ0) is 6.69. The number of methoxy groups -OCH3 is 1. The monoisotopic (exact) mass is 374 g/mol. The summed E-state index contributed by atoms with van der Waals surface area (Å²) < 4.78 is 4.98. The van der Waals surface area contributed by atoms with E-state index in [-0.39, 0.29) is 38.5 Å². The van der Waals surface area contributed by atoms with Crippen LogP contribution in [0.15, 0.2) is 24.3 Å². The molecule has 0 spiro atoms. The largest absolute Gasteiger partial charge is 2.00 e. The molecule has 1 nitrogen and oxygen atoms in total. The second-order valence-corrected chi connectivity index (χ2v) is 1.81. The first kappa shape index (κ1) is 13.5. The summed E-state index contributed by atoms with van der Waals surface area (Å²) in [5, 5.41) is 0. The van der Waals surface area contributed by atoms with E-state index in [4.69, 9.17) is 4.74 Å². The van der Waals surface area contributed by atoms with Crippen LogP contribution in [-0.4, -0.2) is 7.11 Å². The maximum Gasteiger partial charge on any atom is 2.00 e. The summed E-state index contributed by atoms with van der Waals surface area (Å²) in [6, 6.07) is 7.67. The van der Waals surface area contributed by atoms with E-state index in [9.17, 15) is 0 Å². The zero-order valence-electron chi connectivity index (χ0n) is 6.92. The molecule has 0 aliphatic rings. The van der Waals surface area contributed by atoms with Gasteiger partial charge in [0.05, 0.1) is 7.11 Å². The number of hydrogen-bond acceptors (Lipinski definition) is 1. The first-order valence-electron chi connectivity index (χ1n) is 2.79. The van der Waals surface area contributed by atoms with E-state index in [0.717, 1.165) is 11.3 Å². The van der Waals surface area contributed by atoms with Gasteiger partial charge < -0.3 is 12.2 Å². The van der Waals surface area contributed by atoms with E-state index < -0.39 is 0 Å². The summed E-state index contributed by atoms with van der Waals surface area (Å²) in [5.41, 5.74) is 0.931. The fraction of sp³-hybridized carbons (Fsp3) is 0.111. The van der Waals surface area contributed by atoms with Gasteiger partial charge in [0.15, 0.2) is 0 Å². The molecule has 0 aromatic heterocycles. The first-order chi connectivity index (χ1) is 4.34. The molecule has 0 heterocycles. The third kappa shape index (κ3) is 3.74. The van der Waals surface area contributed by atoms with Crippen LogP contribution in [0.3, 0.4) is 0 Å². The van der Waals surface area contributed by atoms with Gasteiger partial charge in [-0.2, -0.15) is 18.6 Å². The van der Waals surface area contributed by atoms with Crippen molar-refractivity contribution in [1.82, 2.24) is 0 Å². The molecular weight excluding hydrogens is 362 g/mol. The van der Waals surface area contributed by atoms with E-state index >= 15 is 0 Å². The van der Waals surface area contributed by atoms with E-state index in [1.165, 1.54) is 0 Å². The van der Waals surface area contributed by atoms with Crippen molar-refractivity contribution in [2.24, 2.45) is 0 Å². The fourth-order valence-corrected chi connectivity index (χ4v) is 0.703. The molecule has 0 amide bonds. The van der Waals surface area contributed by atoms with Crippen molar-refractivity contribution in [2.75, 3.05) is 7.11 Å². The summed E-state index contributed by atoms with van der Waals surface area (Å²) in [5.74, 6) is 0.845. The molecule has 58 valence electrons. The summed E-state index contributed by atoms with van der Waals surface area (Å²) >= 11 is 0. The molecule has 0 fully saturated rings. The molecule has 1 rings (SSSR count). The maximum atomic E-state index is 4.98. The standard InChI is InChI=1S/C8H9O.CH3.U/c1-7-5-3-4-6-8(7)9-2;;/h3-6H,1H2,2H3;1H3;/q2*-1;+2. The molecule has 2 heteroatoms. The molecule has 0 N–H and O–H groups in total. The van der Waals surface area contributed by atoms with Crippen molar-refractivity contribution in [1.29, 1.82) is 0 Å². The average Bonchev–Trinajstić information content (AvgIpc) is 1.89. The molecule has 0 unspecified atom stereocenters. The van der Waals surface area contributed by atoms with Crippen LogP contribution < -0.4 is 4.74 Å². The number of para-hydroxylation sites is 1. The van der Waals surface area contributed by atoms with E-state index in [1.54, 1.807) is 7.11 Å². The van der Waals surface area contributed by atoms with Gasteiger partial charge in [0, 0.05) is 5.75 Å². The normalized spacial score (nSPS) is 7.36. The molecule has 0 bridgehead atoms. The van der Waals surface area contributed by atoms with Crippen LogP contribution in [0.2, 0.25) is 0 Å². The molecular formula is C9H12OU. The Balaban J connectivity index is 0. The van der Waals surface area contributed by atoms with Crippen molar-refractivity contribution in [3.05, 3.63) is 44.2 Å². The van der Waals surface area contributed by atoms with Crippen molar-refractivity contribution < 1.29 is 35.9 Å². The molecule has 11 heavy (non-hydrogen) atoms. The van der Waals surface area contributed by atoms with Gasteiger partial charge in [-0.1, -0.05) is 12.1 Å². The second kappa shape index (κ2) is 6.64. The van der Waals surface area contributed by atoms with Gasteiger partial charge in [0.2, 0.25) is 0 Å². The van der Waals surface area contributed by atoms with Crippen molar-refractivity contribution in [2.45, 2.75) is 0 Å². The van der Waals surface area contributed by atoms with Gasteiger partial charge in [-0.15, -0.1) is 6.07 Å². The number of ether oxygens (including phenoxy) is 1. The Morgan fingerprint density at radius 1 is 1.27 bits per heavy atom. The molecule has 0 aliphatic carbocycles. The predicted molar refractivity (Wildman–Crippen MR) is 43.9 cm³/mol. The van der Waals surface area contributed by atoms with Gasteiger partial charge >= 0.3 is 31.1 Å². The Morgan fingerprint density at radius 2 is 1.82 bits per heavy atom.